The van der Waals surface area contributed by atoms with E-state index < -0.39 is 0 Å². The highest BCUT2D eigenvalue weighted by Crippen LogP contribution is 2.28. The van der Waals surface area contributed by atoms with Crippen LogP contribution in [0.1, 0.15) is 17.7 Å². The molecule has 0 atom stereocenters. The summed E-state index contributed by atoms with van der Waals surface area (Å²) in [7, 11) is 5.17. The first-order valence-electron chi connectivity index (χ1n) is 6.76. The molecule has 112 valence electrons. The molecule has 4 nitrogen and oxygen atoms in total. The number of benzene rings is 1. The van der Waals surface area contributed by atoms with E-state index in [0.29, 0.717) is 11.9 Å². The van der Waals surface area contributed by atoms with Crippen LogP contribution in [0.2, 0.25) is 0 Å². The Kier molecular flexibility index (Phi) is 4.40. The summed E-state index contributed by atoms with van der Waals surface area (Å²) in [6, 6.07) is 5.26. The van der Waals surface area contributed by atoms with Gasteiger partial charge in [-0.1, -0.05) is 0 Å². The Balaban J connectivity index is 2.50. The van der Waals surface area contributed by atoms with E-state index >= 15 is 0 Å². The summed E-state index contributed by atoms with van der Waals surface area (Å²) in [6.07, 6.45) is 0.679. The molecular formula is C16H19FN2O2. The molecule has 1 aromatic heterocycles. The van der Waals surface area contributed by atoms with E-state index in [-0.39, 0.29) is 18.2 Å². The van der Waals surface area contributed by atoms with Gasteiger partial charge in [0.2, 0.25) is 0 Å². The molecule has 1 aromatic carbocycles. The van der Waals surface area contributed by atoms with Gasteiger partial charge in [-0.25, -0.2) is 9.37 Å². The lowest BCUT2D eigenvalue weighted by molar-refractivity contribution is -0.140. The number of nitrogens with zero attached hydrogens (tertiary/aromatic N) is 2. The van der Waals surface area contributed by atoms with Gasteiger partial charge in [0, 0.05) is 37.3 Å². The van der Waals surface area contributed by atoms with Crippen LogP contribution in [-0.2, 0) is 16.0 Å². The number of carbonyl (C=O) groups is 1. The van der Waals surface area contributed by atoms with Crippen LogP contribution in [0.25, 0.3) is 10.9 Å². The molecule has 0 saturated heterocycles. The number of ether oxygens (including phenoxy) is 1. The van der Waals surface area contributed by atoms with Gasteiger partial charge in [0.05, 0.1) is 7.11 Å². The van der Waals surface area contributed by atoms with Crippen LogP contribution in [-0.4, -0.2) is 32.2 Å². The Bertz CT molecular complexity index is 684. The number of fused-ring (bicyclic) bond motifs is 1. The average molecular weight is 290 g/mol. The molecule has 2 aromatic rings. The van der Waals surface area contributed by atoms with E-state index in [1.54, 1.807) is 0 Å². The highest BCUT2D eigenvalue weighted by atomic mass is 19.1. The van der Waals surface area contributed by atoms with E-state index in [1.165, 1.54) is 13.2 Å². The Morgan fingerprint density at radius 1 is 1.33 bits per heavy atom. The Morgan fingerprint density at radius 2 is 2.05 bits per heavy atom. The number of hydrogen-bond acceptors (Lipinski definition) is 4. The van der Waals surface area contributed by atoms with Crippen molar-refractivity contribution < 1.29 is 13.9 Å². The third kappa shape index (κ3) is 3.29. The molecule has 0 fully saturated rings. The number of aryl methyl sites for hydroxylation is 2. The number of aromatic nitrogens is 1. The number of halogens is 1. The molecule has 0 spiro atoms. The minimum absolute atomic E-state index is 0.234. The van der Waals surface area contributed by atoms with Crippen LogP contribution in [0.4, 0.5) is 10.1 Å². The second-order valence-electron chi connectivity index (χ2n) is 5.23. The standard InChI is InChI=1S/C16H19FN2O2/c1-10-7-14(19(2)3)12-8-11(5-6-15(20)21-4)9-13(17)16(12)18-10/h7-9H,5-6H2,1-4H3. The van der Waals surface area contributed by atoms with Gasteiger partial charge >= 0.3 is 5.97 Å². The molecule has 0 bridgehead atoms. The van der Waals surface area contributed by atoms with Crippen LogP contribution in [0.5, 0.6) is 0 Å². The van der Waals surface area contributed by atoms with E-state index in [2.05, 4.69) is 9.72 Å². The third-order valence-corrected chi connectivity index (χ3v) is 3.36. The molecule has 0 N–H and O–H groups in total. The first kappa shape index (κ1) is 15.2. The molecule has 2 rings (SSSR count). The highest BCUT2D eigenvalue weighted by molar-refractivity contribution is 5.92. The largest absolute Gasteiger partial charge is 0.469 e. The number of anilines is 1. The van der Waals surface area contributed by atoms with Crippen molar-refractivity contribution in [2.45, 2.75) is 19.8 Å². The maximum Gasteiger partial charge on any atom is 0.305 e. The second-order valence-corrected chi connectivity index (χ2v) is 5.23. The molecule has 0 amide bonds. The first-order chi connectivity index (χ1) is 9.92. The summed E-state index contributed by atoms with van der Waals surface area (Å²) >= 11 is 0. The molecule has 5 heteroatoms. The lowest BCUT2D eigenvalue weighted by atomic mass is 10.0. The molecule has 0 aliphatic carbocycles. The summed E-state index contributed by atoms with van der Waals surface area (Å²) < 4.78 is 18.9. The zero-order valence-electron chi connectivity index (χ0n) is 12.7. The maximum atomic E-state index is 14.3. The molecule has 0 saturated carbocycles. The molecular weight excluding hydrogens is 271 g/mol. The number of methoxy groups -OCH3 is 1. The summed E-state index contributed by atoms with van der Waals surface area (Å²) in [6.45, 7) is 1.84. The van der Waals surface area contributed by atoms with Crippen LogP contribution in [0, 0.1) is 12.7 Å². The van der Waals surface area contributed by atoms with Gasteiger partial charge in [-0.15, -0.1) is 0 Å². The molecule has 21 heavy (non-hydrogen) atoms. The van der Waals surface area contributed by atoms with Gasteiger partial charge in [0.1, 0.15) is 11.3 Å². The number of rotatable bonds is 4. The lowest BCUT2D eigenvalue weighted by Gasteiger charge is -2.17. The predicted octanol–water partition coefficient (Wildman–Crippen LogP) is 2.85. The lowest BCUT2D eigenvalue weighted by Crippen LogP contribution is -2.10. The second kappa shape index (κ2) is 6.08. The summed E-state index contributed by atoms with van der Waals surface area (Å²) in [4.78, 5) is 17.4. The number of carbonyl (C=O) groups excluding carboxylic acids is 1. The van der Waals surface area contributed by atoms with Crippen LogP contribution in [0.3, 0.4) is 0 Å². The molecule has 0 aliphatic heterocycles. The van der Waals surface area contributed by atoms with Crippen molar-refractivity contribution in [2.75, 3.05) is 26.1 Å². The normalized spacial score (nSPS) is 10.7. The van der Waals surface area contributed by atoms with Crippen molar-refractivity contribution >= 4 is 22.6 Å². The third-order valence-electron chi connectivity index (χ3n) is 3.36. The monoisotopic (exact) mass is 290 g/mol. The van der Waals surface area contributed by atoms with E-state index in [4.69, 9.17) is 0 Å². The SMILES string of the molecule is COC(=O)CCc1cc(F)c2nc(C)cc(N(C)C)c2c1. The highest BCUT2D eigenvalue weighted by Gasteiger charge is 2.12. The summed E-state index contributed by atoms with van der Waals surface area (Å²) in [5, 5.41) is 0.755. The van der Waals surface area contributed by atoms with Crippen LogP contribution in [0.15, 0.2) is 18.2 Å². The number of hydrogen-bond donors (Lipinski definition) is 0. The van der Waals surface area contributed by atoms with Crippen molar-refractivity contribution in [3.63, 3.8) is 0 Å². The molecule has 0 aliphatic rings. The van der Waals surface area contributed by atoms with Crippen LogP contribution < -0.4 is 4.90 Å². The molecule has 1 heterocycles. The van der Waals surface area contributed by atoms with Gasteiger partial charge in [0.25, 0.3) is 0 Å². The number of pyridine rings is 1. The fraction of sp³-hybridized carbons (Fsp3) is 0.375. The molecule has 0 unspecified atom stereocenters. The van der Waals surface area contributed by atoms with Gasteiger partial charge in [0.15, 0.2) is 0 Å². The zero-order valence-corrected chi connectivity index (χ0v) is 12.7. The van der Waals surface area contributed by atoms with Gasteiger partial charge < -0.3 is 9.64 Å². The topological polar surface area (TPSA) is 42.4 Å². The fourth-order valence-corrected chi connectivity index (χ4v) is 2.31. The zero-order chi connectivity index (χ0) is 15.6. The smallest absolute Gasteiger partial charge is 0.305 e. The number of esters is 1. The molecule has 0 radical (unpaired) electrons. The van der Waals surface area contributed by atoms with Gasteiger partial charge in [-0.2, -0.15) is 0 Å². The van der Waals surface area contributed by atoms with Crippen molar-refractivity contribution in [1.29, 1.82) is 0 Å². The predicted molar refractivity (Wildman–Crippen MR) is 81.1 cm³/mol. The van der Waals surface area contributed by atoms with Crippen molar-refractivity contribution in [1.82, 2.24) is 4.98 Å². The quantitative estimate of drug-likeness (QED) is 0.812. The van der Waals surface area contributed by atoms with Crippen molar-refractivity contribution in [3.8, 4) is 0 Å². The Morgan fingerprint density at radius 3 is 2.67 bits per heavy atom. The van der Waals surface area contributed by atoms with Crippen molar-refractivity contribution in [2.24, 2.45) is 0 Å². The minimum atomic E-state index is -0.362. The summed E-state index contributed by atoms with van der Waals surface area (Å²) in [5.41, 5.74) is 2.81. The van der Waals surface area contributed by atoms with Gasteiger partial charge in [-0.05, 0) is 37.1 Å². The van der Waals surface area contributed by atoms with Crippen molar-refractivity contribution in [3.05, 3.63) is 35.3 Å². The Hall–Kier alpha value is -2.17. The maximum absolute atomic E-state index is 14.3. The van der Waals surface area contributed by atoms with E-state index in [0.717, 1.165) is 22.3 Å². The first-order valence-corrected chi connectivity index (χ1v) is 6.76. The summed E-state index contributed by atoms with van der Waals surface area (Å²) in [5.74, 6) is -0.662. The van der Waals surface area contributed by atoms with Gasteiger partial charge in [-0.3, -0.25) is 4.79 Å². The average Bonchev–Trinajstić information content (AvgIpc) is 2.44. The Labute approximate surface area is 123 Å². The van der Waals surface area contributed by atoms with Crippen LogP contribution >= 0.6 is 0 Å². The van der Waals surface area contributed by atoms with E-state index in [1.807, 2.05) is 38.1 Å². The minimum Gasteiger partial charge on any atom is -0.469 e. The van der Waals surface area contributed by atoms with E-state index in [9.17, 15) is 9.18 Å². The fourth-order valence-electron chi connectivity index (χ4n) is 2.31.